The second kappa shape index (κ2) is 7.40. The normalized spacial score (nSPS) is 19.9. The molecule has 0 fully saturated rings. The van der Waals surface area contributed by atoms with Crippen LogP contribution in [0, 0.1) is 0 Å². The number of hydrogen-bond donors (Lipinski definition) is 1. The van der Waals surface area contributed by atoms with Crippen LogP contribution in [0.3, 0.4) is 0 Å². The molecule has 1 atom stereocenters. The first kappa shape index (κ1) is 15.9. The van der Waals surface area contributed by atoms with E-state index in [9.17, 15) is 4.79 Å². The molecule has 0 aromatic heterocycles. The molecule has 1 rings (SSSR count). The maximum atomic E-state index is 11.2. The predicted molar refractivity (Wildman–Crippen MR) is 86.2 cm³/mol. The molecule has 3 nitrogen and oxygen atoms in total. The Bertz CT molecular complexity index is 429. The van der Waals surface area contributed by atoms with Crippen LogP contribution in [-0.2, 0) is 4.79 Å². The molecule has 0 saturated heterocycles. The van der Waals surface area contributed by atoms with Gasteiger partial charge in [-0.1, -0.05) is 24.8 Å². The number of rotatable bonds is 8. The Morgan fingerprint density at radius 3 is 2.42 bits per heavy atom. The van der Waals surface area contributed by atoms with Crippen molar-refractivity contribution in [2.75, 3.05) is 11.5 Å². The predicted octanol–water partition coefficient (Wildman–Crippen LogP) is 3.17. The largest absolute Gasteiger partial charge is 0.478 e. The number of hydrogen-bond acceptors (Lipinski definition) is 4. The number of nitrogens with zero attached hydrogens (tertiary/aromatic N) is 1. The van der Waals surface area contributed by atoms with E-state index in [0.717, 1.165) is 0 Å². The molecular formula is C14H17NO2S2. The van der Waals surface area contributed by atoms with E-state index in [1.54, 1.807) is 41.9 Å². The summed E-state index contributed by atoms with van der Waals surface area (Å²) in [6, 6.07) is -0.482. The number of allylic oxidation sites excluding steroid dienone is 1. The zero-order valence-electron chi connectivity index (χ0n) is 10.6. The number of dihydropyridines is 1. The van der Waals surface area contributed by atoms with Crippen molar-refractivity contribution < 1.29 is 9.90 Å². The van der Waals surface area contributed by atoms with Gasteiger partial charge in [-0.15, -0.1) is 36.7 Å². The van der Waals surface area contributed by atoms with Crippen LogP contribution in [0.2, 0.25) is 0 Å². The average molecular weight is 295 g/mol. The van der Waals surface area contributed by atoms with Crippen LogP contribution in [0.5, 0.6) is 0 Å². The number of carbonyl (C=O) groups is 1. The van der Waals surface area contributed by atoms with Crippen LogP contribution in [0.1, 0.15) is 0 Å². The van der Waals surface area contributed by atoms with Gasteiger partial charge < -0.3 is 5.11 Å². The number of thioether (sulfide) groups is 2. The lowest BCUT2D eigenvalue weighted by Gasteiger charge is -2.36. The Labute approximate surface area is 122 Å². The van der Waals surface area contributed by atoms with Gasteiger partial charge in [0.05, 0.1) is 5.57 Å². The van der Waals surface area contributed by atoms with E-state index in [1.807, 2.05) is 12.2 Å². The van der Waals surface area contributed by atoms with Crippen molar-refractivity contribution in [1.29, 1.82) is 0 Å². The summed E-state index contributed by atoms with van der Waals surface area (Å²) in [5.74, 6) is 0.418. The highest BCUT2D eigenvalue weighted by Gasteiger charge is 2.41. The fraction of sp³-hybridized carbons (Fsp3) is 0.286. The summed E-state index contributed by atoms with van der Waals surface area (Å²) in [6.07, 6.45) is 9.06. The molecule has 1 N–H and O–H groups in total. The van der Waals surface area contributed by atoms with Gasteiger partial charge in [0, 0.05) is 17.7 Å². The molecule has 1 unspecified atom stereocenters. The monoisotopic (exact) mass is 295 g/mol. The van der Waals surface area contributed by atoms with E-state index in [1.165, 1.54) is 0 Å². The summed E-state index contributed by atoms with van der Waals surface area (Å²) in [5, 5.41) is 9.16. The van der Waals surface area contributed by atoms with Crippen LogP contribution in [0.4, 0.5) is 0 Å². The fourth-order valence-corrected chi connectivity index (χ4v) is 4.20. The Balaban J connectivity index is 3.06. The van der Waals surface area contributed by atoms with Gasteiger partial charge in [0.1, 0.15) is 10.1 Å². The van der Waals surface area contributed by atoms with E-state index < -0.39 is 16.1 Å². The van der Waals surface area contributed by atoms with Crippen molar-refractivity contribution >= 4 is 35.7 Å². The van der Waals surface area contributed by atoms with Gasteiger partial charge in [-0.3, -0.25) is 4.99 Å². The molecular weight excluding hydrogens is 278 g/mol. The molecule has 0 aromatic rings. The molecule has 102 valence electrons. The molecule has 0 radical (unpaired) electrons. The molecule has 1 aliphatic heterocycles. The minimum Gasteiger partial charge on any atom is -0.478 e. The van der Waals surface area contributed by atoms with E-state index in [2.05, 4.69) is 24.7 Å². The molecule has 0 spiro atoms. The highest BCUT2D eigenvalue weighted by atomic mass is 32.2. The Kier molecular flexibility index (Phi) is 6.18. The zero-order chi connectivity index (χ0) is 14.3. The molecule has 19 heavy (non-hydrogen) atoms. The van der Waals surface area contributed by atoms with Crippen LogP contribution in [0.15, 0.2) is 54.6 Å². The third-order valence-corrected chi connectivity index (χ3v) is 5.62. The second-order valence-electron chi connectivity index (χ2n) is 3.81. The summed E-state index contributed by atoms with van der Waals surface area (Å²) in [4.78, 5) is 15.5. The summed E-state index contributed by atoms with van der Waals surface area (Å²) < 4.78 is -0.466. The van der Waals surface area contributed by atoms with Crippen LogP contribution >= 0.6 is 23.5 Å². The zero-order valence-corrected chi connectivity index (χ0v) is 12.3. The van der Waals surface area contributed by atoms with Gasteiger partial charge in [0.2, 0.25) is 0 Å². The van der Waals surface area contributed by atoms with E-state index in [4.69, 9.17) is 5.11 Å². The lowest BCUT2D eigenvalue weighted by atomic mass is 10.0. The number of carboxylic acids is 1. The number of aliphatic carboxylic acids is 1. The first-order valence-corrected chi connectivity index (χ1v) is 7.67. The third-order valence-electron chi connectivity index (χ3n) is 2.49. The van der Waals surface area contributed by atoms with Crippen LogP contribution in [0.25, 0.3) is 0 Å². The van der Waals surface area contributed by atoms with Crippen molar-refractivity contribution in [3.63, 3.8) is 0 Å². The van der Waals surface area contributed by atoms with E-state index >= 15 is 0 Å². The fourth-order valence-electron chi connectivity index (χ4n) is 1.63. The maximum absolute atomic E-state index is 11.2. The summed E-state index contributed by atoms with van der Waals surface area (Å²) >= 11 is 3.22. The Hall–Kier alpha value is -1.20. The smallest absolute Gasteiger partial charge is 0.333 e. The Morgan fingerprint density at radius 1 is 1.37 bits per heavy atom. The third kappa shape index (κ3) is 3.88. The van der Waals surface area contributed by atoms with Crippen molar-refractivity contribution in [2.24, 2.45) is 4.99 Å². The molecule has 0 saturated carbocycles. The summed E-state index contributed by atoms with van der Waals surface area (Å²) in [6.45, 7) is 11.1. The highest BCUT2D eigenvalue weighted by Crippen LogP contribution is 2.46. The molecule has 0 aromatic carbocycles. The maximum Gasteiger partial charge on any atom is 0.333 e. The minimum atomic E-state index is -1.01. The van der Waals surface area contributed by atoms with Gasteiger partial charge in [0.15, 0.2) is 0 Å². The summed E-state index contributed by atoms with van der Waals surface area (Å²) in [5.41, 5.74) is 0.105. The highest BCUT2D eigenvalue weighted by molar-refractivity contribution is 8.18. The van der Waals surface area contributed by atoms with Gasteiger partial charge in [0.25, 0.3) is 0 Å². The number of carboxylic acid groups (broad SMARTS) is 1. The quantitative estimate of drug-likeness (QED) is 0.424. The molecule has 0 bridgehead atoms. The molecule has 0 amide bonds. The van der Waals surface area contributed by atoms with E-state index in [0.29, 0.717) is 11.5 Å². The topological polar surface area (TPSA) is 49.7 Å². The first-order chi connectivity index (χ1) is 9.07. The van der Waals surface area contributed by atoms with Gasteiger partial charge in [-0.05, 0) is 6.08 Å². The SMILES string of the molecule is C=CCSC1(SCC=C)C=CC=NC1C(=C)C(=O)O. The van der Waals surface area contributed by atoms with Gasteiger partial charge >= 0.3 is 5.97 Å². The molecule has 0 aliphatic carbocycles. The minimum absolute atomic E-state index is 0.105. The summed E-state index contributed by atoms with van der Waals surface area (Å²) in [7, 11) is 0. The van der Waals surface area contributed by atoms with Crippen LogP contribution in [-0.4, -0.2) is 38.9 Å². The van der Waals surface area contributed by atoms with Gasteiger partial charge in [-0.2, -0.15) is 0 Å². The average Bonchev–Trinajstić information content (AvgIpc) is 2.42. The molecule has 5 heteroatoms. The number of aliphatic imine (C=N–C) groups is 1. The lowest BCUT2D eigenvalue weighted by molar-refractivity contribution is -0.132. The van der Waals surface area contributed by atoms with Crippen molar-refractivity contribution in [3.8, 4) is 0 Å². The van der Waals surface area contributed by atoms with E-state index in [-0.39, 0.29) is 5.57 Å². The van der Waals surface area contributed by atoms with Gasteiger partial charge in [-0.25, -0.2) is 4.79 Å². The molecule has 1 heterocycles. The van der Waals surface area contributed by atoms with Crippen molar-refractivity contribution in [2.45, 2.75) is 10.1 Å². The van der Waals surface area contributed by atoms with Crippen molar-refractivity contribution in [3.05, 3.63) is 49.6 Å². The Morgan fingerprint density at radius 2 is 1.95 bits per heavy atom. The standard InChI is InChI=1S/C14H17NO2S2/c1-4-9-18-14(19-10-5-2)7-6-8-15-12(14)11(3)13(16)17/h4-8,12H,1-3,9-10H2,(H,16,17). The second-order valence-corrected chi connectivity index (χ2v) is 6.66. The first-order valence-electron chi connectivity index (χ1n) is 5.70. The van der Waals surface area contributed by atoms with Crippen LogP contribution < -0.4 is 0 Å². The van der Waals surface area contributed by atoms with Crippen molar-refractivity contribution in [1.82, 2.24) is 0 Å². The molecule has 1 aliphatic rings. The lowest BCUT2D eigenvalue weighted by Crippen LogP contribution is -2.38.